The molecule has 1 nitrogen and oxygen atoms in total. The molecule has 0 unspecified atom stereocenters. The normalized spacial score (nSPS) is 13.6. The van der Waals surface area contributed by atoms with Gasteiger partial charge in [-0.3, -0.25) is 0 Å². The zero-order valence-electron chi connectivity index (χ0n) is 19.3. The molecule has 1 aliphatic carbocycles. The minimum absolute atomic E-state index is 0.743. The van der Waals surface area contributed by atoms with Crippen molar-refractivity contribution in [2.24, 2.45) is 0 Å². The topological polar surface area (TPSA) is 12.0 Å². The molecule has 0 aromatic heterocycles. The number of allylic oxidation sites excluding steroid dienone is 8. The van der Waals surface area contributed by atoms with E-state index in [0.717, 1.165) is 35.4 Å². The van der Waals surface area contributed by atoms with E-state index in [0.29, 0.717) is 0 Å². The molecular formula is C32H29N. The lowest BCUT2D eigenvalue weighted by atomic mass is 9.94. The molecule has 0 radical (unpaired) electrons. The van der Waals surface area contributed by atoms with Crippen molar-refractivity contribution in [3.8, 4) is 11.8 Å². The lowest BCUT2D eigenvalue weighted by molar-refractivity contribution is 1.24. The lowest BCUT2D eigenvalue weighted by Crippen LogP contribution is -1.97. The van der Waals surface area contributed by atoms with Gasteiger partial charge in [0.1, 0.15) is 0 Å². The Labute approximate surface area is 197 Å². The fourth-order valence-corrected chi connectivity index (χ4v) is 3.92. The second-order valence-electron chi connectivity index (χ2n) is 7.91. The number of hydrogen-bond acceptors (Lipinski definition) is 1. The van der Waals surface area contributed by atoms with Crippen LogP contribution in [0.1, 0.15) is 43.4 Å². The van der Waals surface area contributed by atoms with Crippen LogP contribution in [0.2, 0.25) is 0 Å². The molecule has 4 rings (SSSR count). The second-order valence-corrected chi connectivity index (χ2v) is 7.91. The molecule has 1 N–H and O–H groups in total. The minimum Gasteiger partial charge on any atom is -0.355 e. The summed E-state index contributed by atoms with van der Waals surface area (Å²) in [7, 11) is 0. The van der Waals surface area contributed by atoms with Crippen molar-refractivity contribution in [3.05, 3.63) is 126 Å². The zero-order valence-corrected chi connectivity index (χ0v) is 19.3. The molecule has 3 aromatic rings. The summed E-state index contributed by atoms with van der Waals surface area (Å²) in [6, 6.07) is 27.5. The summed E-state index contributed by atoms with van der Waals surface area (Å²) in [4.78, 5) is 0. The van der Waals surface area contributed by atoms with Gasteiger partial charge < -0.3 is 5.32 Å². The Morgan fingerprint density at radius 2 is 1.73 bits per heavy atom. The highest BCUT2D eigenvalue weighted by Gasteiger charge is 2.12. The van der Waals surface area contributed by atoms with Crippen LogP contribution in [0.3, 0.4) is 0 Å². The third kappa shape index (κ3) is 5.62. The van der Waals surface area contributed by atoms with Crippen LogP contribution in [0.5, 0.6) is 0 Å². The first-order chi connectivity index (χ1) is 16.3. The van der Waals surface area contributed by atoms with Gasteiger partial charge in [0.2, 0.25) is 0 Å². The number of anilines is 2. The molecule has 0 spiro atoms. The van der Waals surface area contributed by atoms with E-state index >= 15 is 0 Å². The van der Waals surface area contributed by atoms with E-state index in [4.69, 9.17) is 0 Å². The van der Waals surface area contributed by atoms with Gasteiger partial charge in [0.25, 0.3) is 0 Å². The highest BCUT2D eigenvalue weighted by atomic mass is 14.9. The van der Waals surface area contributed by atoms with Crippen LogP contribution >= 0.6 is 0 Å². The number of benzene rings is 3. The van der Waals surface area contributed by atoms with Crippen LogP contribution in [0.25, 0.3) is 16.7 Å². The van der Waals surface area contributed by atoms with Crippen molar-refractivity contribution in [3.63, 3.8) is 0 Å². The van der Waals surface area contributed by atoms with Gasteiger partial charge in [-0.1, -0.05) is 97.7 Å². The molecule has 0 aliphatic heterocycles. The summed E-state index contributed by atoms with van der Waals surface area (Å²) in [6.07, 6.45) is 12.5. The van der Waals surface area contributed by atoms with Gasteiger partial charge in [-0.25, -0.2) is 0 Å². The van der Waals surface area contributed by atoms with Crippen molar-refractivity contribution >= 4 is 28.1 Å². The average molecular weight is 428 g/mol. The monoisotopic (exact) mass is 427 g/mol. The molecule has 1 heteroatoms. The van der Waals surface area contributed by atoms with Crippen molar-refractivity contribution in [1.29, 1.82) is 0 Å². The molecule has 3 aromatic carbocycles. The van der Waals surface area contributed by atoms with E-state index in [1.165, 1.54) is 22.3 Å². The second kappa shape index (κ2) is 11.0. The summed E-state index contributed by atoms with van der Waals surface area (Å²) in [6.45, 7) is 4.25. The minimum atomic E-state index is 0.743. The van der Waals surface area contributed by atoms with Gasteiger partial charge in [-0.15, -0.1) is 0 Å². The van der Waals surface area contributed by atoms with Crippen LogP contribution in [-0.2, 0) is 0 Å². The first-order valence-corrected chi connectivity index (χ1v) is 11.5. The largest absolute Gasteiger partial charge is 0.355 e. The third-order valence-corrected chi connectivity index (χ3v) is 5.66. The van der Waals surface area contributed by atoms with Gasteiger partial charge in [0.05, 0.1) is 0 Å². The molecule has 33 heavy (non-hydrogen) atoms. The lowest BCUT2D eigenvalue weighted by Gasteiger charge is -2.16. The molecule has 0 bridgehead atoms. The van der Waals surface area contributed by atoms with Gasteiger partial charge in [-0.2, -0.15) is 0 Å². The van der Waals surface area contributed by atoms with Gasteiger partial charge in [-0.05, 0) is 66.0 Å². The summed E-state index contributed by atoms with van der Waals surface area (Å²) in [5.41, 5.74) is 9.20. The van der Waals surface area contributed by atoms with Crippen LogP contribution < -0.4 is 5.32 Å². The fraction of sp³-hybridized carbons (Fsp3) is 0.125. The first kappa shape index (κ1) is 22.2. The van der Waals surface area contributed by atoms with E-state index < -0.39 is 0 Å². The standard InChI is InChI=1S/C32H29N/c1-3-5-14-25(4-2)28-21-22-32(33-30-19-10-7-11-20-30)31(24-28)29-18-13-12-17-27(23-29)26-15-8-6-9-16-26/h3,5-11,14-17,19-24,33H,4,12H2,1-2H3/b5-3-,25-14+. The first-order valence-electron chi connectivity index (χ1n) is 11.5. The Kier molecular flexibility index (Phi) is 7.41. The van der Waals surface area contributed by atoms with Crippen LogP contribution in [0.4, 0.5) is 11.4 Å². The van der Waals surface area contributed by atoms with Crippen molar-refractivity contribution in [2.75, 3.05) is 5.32 Å². The molecule has 1 aliphatic rings. The molecule has 0 atom stereocenters. The van der Waals surface area contributed by atoms with Gasteiger partial charge in [0, 0.05) is 28.9 Å². The Hall–Kier alpha value is -4.02. The molecule has 0 fully saturated rings. The SMILES string of the molecule is C/C=C\C=C(/CC)c1ccc(Nc2ccccc2)c(C2=CC(c3ccccc3)=CCC#C2)c1. The van der Waals surface area contributed by atoms with Crippen molar-refractivity contribution < 1.29 is 0 Å². The average Bonchev–Trinajstić information content (AvgIpc) is 3.13. The molecule has 0 saturated carbocycles. The highest BCUT2D eigenvalue weighted by Crippen LogP contribution is 2.33. The number of hydrogen-bond donors (Lipinski definition) is 1. The Balaban J connectivity index is 1.83. The van der Waals surface area contributed by atoms with E-state index in [9.17, 15) is 0 Å². The predicted octanol–water partition coefficient (Wildman–Crippen LogP) is 8.67. The third-order valence-electron chi connectivity index (χ3n) is 5.66. The van der Waals surface area contributed by atoms with Crippen molar-refractivity contribution in [2.45, 2.75) is 26.7 Å². The summed E-state index contributed by atoms with van der Waals surface area (Å²) >= 11 is 0. The van der Waals surface area contributed by atoms with Crippen LogP contribution in [0.15, 0.2) is 109 Å². The number of para-hydroxylation sites is 1. The van der Waals surface area contributed by atoms with Crippen molar-refractivity contribution in [1.82, 2.24) is 0 Å². The zero-order chi connectivity index (χ0) is 22.9. The number of nitrogens with one attached hydrogen (secondary N) is 1. The summed E-state index contributed by atoms with van der Waals surface area (Å²) in [5, 5.41) is 3.61. The van der Waals surface area contributed by atoms with Gasteiger partial charge in [0.15, 0.2) is 0 Å². The Morgan fingerprint density at radius 1 is 0.970 bits per heavy atom. The number of rotatable bonds is 7. The summed E-state index contributed by atoms with van der Waals surface area (Å²) in [5.74, 6) is 6.77. The van der Waals surface area contributed by atoms with Crippen LogP contribution in [-0.4, -0.2) is 0 Å². The van der Waals surface area contributed by atoms with E-state index in [-0.39, 0.29) is 0 Å². The maximum absolute atomic E-state index is 3.61. The molecule has 162 valence electrons. The quantitative estimate of drug-likeness (QED) is 0.294. The maximum atomic E-state index is 3.61. The fourth-order valence-electron chi connectivity index (χ4n) is 3.92. The highest BCUT2D eigenvalue weighted by molar-refractivity contribution is 5.95. The van der Waals surface area contributed by atoms with Crippen LogP contribution in [0, 0.1) is 11.8 Å². The molecule has 0 amide bonds. The maximum Gasteiger partial charge on any atom is 0.0470 e. The smallest absolute Gasteiger partial charge is 0.0470 e. The predicted molar refractivity (Wildman–Crippen MR) is 144 cm³/mol. The Bertz CT molecular complexity index is 1280. The molecule has 0 heterocycles. The molecular weight excluding hydrogens is 398 g/mol. The van der Waals surface area contributed by atoms with Gasteiger partial charge >= 0.3 is 0 Å². The molecule has 0 saturated heterocycles. The van der Waals surface area contributed by atoms with E-state index in [1.807, 2.05) is 25.1 Å². The Morgan fingerprint density at radius 3 is 2.45 bits per heavy atom. The van der Waals surface area contributed by atoms with E-state index in [2.05, 4.69) is 115 Å². The van der Waals surface area contributed by atoms with E-state index in [1.54, 1.807) is 0 Å². The summed E-state index contributed by atoms with van der Waals surface area (Å²) < 4.78 is 0.